The second-order valence-electron chi connectivity index (χ2n) is 4.87. The lowest BCUT2D eigenvalue weighted by Gasteiger charge is -2.22. The molecule has 0 radical (unpaired) electrons. The maximum absolute atomic E-state index is 12.0. The lowest BCUT2D eigenvalue weighted by molar-refractivity contribution is -0.117. The normalized spacial score (nSPS) is 20.0. The first-order valence-corrected chi connectivity index (χ1v) is 6.50. The van der Waals surface area contributed by atoms with Crippen LogP contribution in [-0.2, 0) is 4.79 Å². The van der Waals surface area contributed by atoms with E-state index in [4.69, 9.17) is 5.73 Å². The van der Waals surface area contributed by atoms with Crippen LogP contribution in [0.5, 0.6) is 0 Å². The van der Waals surface area contributed by atoms with Crippen LogP contribution in [0.3, 0.4) is 0 Å². The molecule has 0 bridgehead atoms. The van der Waals surface area contributed by atoms with Crippen molar-refractivity contribution in [2.24, 2.45) is 5.73 Å². The minimum Gasteiger partial charge on any atom is -0.329 e. The highest BCUT2D eigenvalue weighted by Gasteiger charge is 2.24. The summed E-state index contributed by atoms with van der Waals surface area (Å²) in [7, 11) is 0. The van der Waals surface area contributed by atoms with Gasteiger partial charge in [0, 0.05) is 18.3 Å². The standard InChI is InChI=1S/C14H21N3O/c1-11-5-2-3-7-13(11)16-14(18)10-17-8-4-6-12(17)9-15/h2-3,5,7,12H,4,6,8-10,15H2,1H3,(H,16,18). The first kappa shape index (κ1) is 13.1. The van der Waals surface area contributed by atoms with Crippen LogP contribution in [0.25, 0.3) is 0 Å². The molecule has 0 saturated carbocycles. The van der Waals surface area contributed by atoms with Gasteiger partial charge in [-0.2, -0.15) is 0 Å². The van der Waals surface area contributed by atoms with Crippen LogP contribution in [-0.4, -0.2) is 36.5 Å². The molecule has 18 heavy (non-hydrogen) atoms. The summed E-state index contributed by atoms with van der Waals surface area (Å²) in [4.78, 5) is 14.2. The fourth-order valence-corrected chi connectivity index (χ4v) is 2.46. The van der Waals surface area contributed by atoms with Gasteiger partial charge in [-0.15, -0.1) is 0 Å². The molecular formula is C14H21N3O. The maximum Gasteiger partial charge on any atom is 0.238 e. The van der Waals surface area contributed by atoms with Crippen LogP contribution < -0.4 is 11.1 Å². The molecule has 0 aliphatic carbocycles. The Morgan fingerprint density at radius 1 is 1.50 bits per heavy atom. The average molecular weight is 247 g/mol. The summed E-state index contributed by atoms with van der Waals surface area (Å²) in [5, 5.41) is 2.96. The van der Waals surface area contributed by atoms with Crippen LogP contribution in [0, 0.1) is 6.92 Å². The van der Waals surface area contributed by atoms with E-state index in [1.54, 1.807) is 0 Å². The first-order valence-electron chi connectivity index (χ1n) is 6.50. The molecule has 1 unspecified atom stereocenters. The van der Waals surface area contributed by atoms with Crippen molar-refractivity contribution in [3.05, 3.63) is 29.8 Å². The fourth-order valence-electron chi connectivity index (χ4n) is 2.46. The van der Waals surface area contributed by atoms with Crippen molar-refractivity contribution < 1.29 is 4.79 Å². The molecule has 1 amide bonds. The third-order valence-electron chi connectivity index (χ3n) is 3.54. The molecule has 1 heterocycles. The number of nitrogens with two attached hydrogens (primary N) is 1. The molecule has 1 fully saturated rings. The molecule has 4 heteroatoms. The number of carbonyl (C=O) groups is 1. The predicted octanol–water partition coefficient (Wildman–Crippen LogP) is 1.36. The number of rotatable bonds is 4. The zero-order chi connectivity index (χ0) is 13.0. The van der Waals surface area contributed by atoms with Crippen LogP contribution in [0.15, 0.2) is 24.3 Å². The van der Waals surface area contributed by atoms with E-state index in [-0.39, 0.29) is 5.91 Å². The van der Waals surface area contributed by atoms with Crippen LogP contribution >= 0.6 is 0 Å². The van der Waals surface area contributed by atoms with E-state index >= 15 is 0 Å². The van der Waals surface area contributed by atoms with Gasteiger partial charge in [-0.25, -0.2) is 0 Å². The number of nitrogens with zero attached hydrogens (tertiary/aromatic N) is 1. The van der Waals surface area contributed by atoms with E-state index in [1.165, 1.54) is 0 Å². The summed E-state index contributed by atoms with van der Waals surface area (Å²) in [5.74, 6) is 0.0460. The van der Waals surface area contributed by atoms with E-state index < -0.39 is 0 Å². The number of nitrogens with one attached hydrogen (secondary N) is 1. The monoisotopic (exact) mass is 247 g/mol. The zero-order valence-electron chi connectivity index (χ0n) is 10.9. The van der Waals surface area contributed by atoms with Crippen molar-refractivity contribution in [2.45, 2.75) is 25.8 Å². The number of benzene rings is 1. The van der Waals surface area contributed by atoms with Gasteiger partial charge in [-0.05, 0) is 37.9 Å². The first-order chi connectivity index (χ1) is 8.70. The average Bonchev–Trinajstić information content (AvgIpc) is 2.79. The zero-order valence-corrected chi connectivity index (χ0v) is 10.9. The van der Waals surface area contributed by atoms with Gasteiger partial charge >= 0.3 is 0 Å². The Morgan fingerprint density at radius 2 is 2.28 bits per heavy atom. The van der Waals surface area contributed by atoms with E-state index in [0.717, 1.165) is 30.6 Å². The van der Waals surface area contributed by atoms with Crippen molar-refractivity contribution in [1.29, 1.82) is 0 Å². The van der Waals surface area contributed by atoms with E-state index in [1.807, 2.05) is 31.2 Å². The molecule has 0 spiro atoms. The molecule has 1 saturated heterocycles. The third kappa shape index (κ3) is 3.09. The highest BCUT2D eigenvalue weighted by atomic mass is 16.2. The Hall–Kier alpha value is -1.39. The Labute approximate surface area is 108 Å². The smallest absolute Gasteiger partial charge is 0.238 e. The summed E-state index contributed by atoms with van der Waals surface area (Å²) < 4.78 is 0. The molecule has 4 nitrogen and oxygen atoms in total. The topological polar surface area (TPSA) is 58.4 Å². The summed E-state index contributed by atoms with van der Waals surface area (Å²) >= 11 is 0. The largest absolute Gasteiger partial charge is 0.329 e. The second-order valence-corrected chi connectivity index (χ2v) is 4.87. The number of likely N-dealkylation sites (tertiary alicyclic amines) is 1. The highest BCUT2D eigenvalue weighted by molar-refractivity contribution is 5.92. The maximum atomic E-state index is 12.0. The molecule has 1 atom stereocenters. The molecular weight excluding hydrogens is 226 g/mol. The Morgan fingerprint density at radius 3 is 3.00 bits per heavy atom. The van der Waals surface area contributed by atoms with Gasteiger partial charge in [0.05, 0.1) is 6.54 Å². The lowest BCUT2D eigenvalue weighted by atomic mass is 10.2. The van der Waals surface area contributed by atoms with Crippen molar-refractivity contribution in [3.8, 4) is 0 Å². The lowest BCUT2D eigenvalue weighted by Crippen LogP contribution is -2.40. The number of aryl methyl sites for hydroxylation is 1. The third-order valence-corrected chi connectivity index (χ3v) is 3.54. The van der Waals surface area contributed by atoms with Gasteiger partial charge in [0.25, 0.3) is 0 Å². The Kier molecular flexibility index (Phi) is 4.33. The number of hydrogen-bond acceptors (Lipinski definition) is 3. The summed E-state index contributed by atoms with van der Waals surface area (Å²) in [6.45, 7) is 4.05. The van der Waals surface area contributed by atoms with Crippen molar-refractivity contribution in [2.75, 3.05) is 25.0 Å². The van der Waals surface area contributed by atoms with E-state index in [2.05, 4.69) is 10.2 Å². The minimum atomic E-state index is 0.0460. The molecule has 2 rings (SSSR count). The van der Waals surface area contributed by atoms with Gasteiger partial charge in [0.1, 0.15) is 0 Å². The van der Waals surface area contributed by atoms with Crippen molar-refractivity contribution in [1.82, 2.24) is 4.90 Å². The molecule has 3 N–H and O–H groups in total. The van der Waals surface area contributed by atoms with E-state index in [9.17, 15) is 4.79 Å². The second kappa shape index (κ2) is 5.98. The van der Waals surface area contributed by atoms with Crippen LogP contribution in [0.4, 0.5) is 5.69 Å². The van der Waals surface area contributed by atoms with Gasteiger partial charge in [0.2, 0.25) is 5.91 Å². The minimum absolute atomic E-state index is 0.0460. The number of para-hydroxylation sites is 1. The summed E-state index contributed by atoms with van der Waals surface area (Å²) in [5.41, 5.74) is 7.68. The number of anilines is 1. The van der Waals surface area contributed by atoms with Gasteiger partial charge in [0.15, 0.2) is 0 Å². The van der Waals surface area contributed by atoms with Gasteiger partial charge < -0.3 is 11.1 Å². The van der Waals surface area contributed by atoms with Crippen molar-refractivity contribution in [3.63, 3.8) is 0 Å². The van der Waals surface area contributed by atoms with Gasteiger partial charge in [-0.3, -0.25) is 9.69 Å². The predicted molar refractivity (Wildman–Crippen MR) is 73.5 cm³/mol. The fraction of sp³-hybridized carbons (Fsp3) is 0.500. The van der Waals surface area contributed by atoms with Crippen molar-refractivity contribution >= 4 is 11.6 Å². The van der Waals surface area contributed by atoms with Crippen LogP contribution in [0.2, 0.25) is 0 Å². The van der Waals surface area contributed by atoms with Gasteiger partial charge in [-0.1, -0.05) is 18.2 Å². The summed E-state index contributed by atoms with van der Waals surface area (Å²) in [6.07, 6.45) is 2.24. The molecule has 1 aromatic rings. The number of carbonyl (C=O) groups excluding carboxylic acids is 1. The highest BCUT2D eigenvalue weighted by Crippen LogP contribution is 2.17. The Balaban J connectivity index is 1.91. The summed E-state index contributed by atoms with van der Waals surface area (Å²) in [6, 6.07) is 8.19. The SMILES string of the molecule is Cc1ccccc1NC(=O)CN1CCCC1CN. The number of amides is 1. The van der Waals surface area contributed by atoms with Crippen LogP contribution in [0.1, 0.15) is 18.4 Å². The molecule has 0 aromatic heterocycles. The molecule has 1 aliphatic rings. The molecule has 98 valence electrons. The quantitative estimate of drug-likeness (QED) is 0.844. The Bertz CT molecular complexity index is 419. The number of hydrogen-bond donors (Lipinski definition) is 2. The molecule has 1 aliphatic heterocycles. The molecule has 1 aromatic carbocycles. The van der Waals surface area contributed by atoms with E-state index in [0.29, 0.717) is 19.1 Å².